The Morgan fingerprint density at radius 1 is 0.941 bits per heavy atom. The maximum Gasteiger partial charge on any atom is 0.422 e. The minimum absolute atomic E-state index is 0.0944. The zero-order valence-corrected chi connectivity index (χ0v) is 8.34. The van der Waals surface area contributed by atoms with E-state index < -0.39 is 29.0 Å². The first-order chi connectivity index (χ1) is 7.84. The number of alkyl halides is 3. The maximum absolute atomic E-state index is 12.6. The summed E-state index contributed by atoms with van der Waals surface area (Å²) in [6.07, 6.45) is -4.93. The third-order valence-electron chi connectivity index (χ3n) is 2.44. The number of rotatable bonds is 0. The molecule has 0 radical (unpaired) electrons. The molecule has 0 saturated carbocycles. The van der Waals surface area contributed by atoms with E-state index in [4.69, 9.17) is 5.73 Å². The second-order valence-electron chi connectivity index (χ2n) is 3.49. The topological polar surface area (TPSA) is 60.2 Å². The molecule has 1 aromatic carbocycles. The number of carbonyl (C=O) groups excluding carboxylic acids is 2. The molecule has 88 valence electrons. The normalized spacial score (nSPS) is 16.2. The lowest BCUT2D eigenvalue weighted by atomic mass is 9.87. The average molecular weight is 241 g/mol. The van der Waals surface area contributed by atoms with E-state index in [9.17, 15) is 22.8 Å². The predicted molar refractivity (Wildman–Crippen MR) is 52.4 cm³/mol. The summed E-state index contributed by atoms with van der Waals surface area (Å²) in [6.45, 7) is 0. The van der Waals surface area contributed by atoms with Crippen LogP contribution in [0.1, 0.15) is 20.7 Å². The summed E-state index contributed by atoms with van der Waals surface area (Å²) in [6, 6.07) is 5.29. The molecule has 0 atom stereocenters. The third-order valence-corrected chi connectivity index (χ3v) is 2.44. The van der Waals surface area contributed by atoms with E-state index in [1.807, 2.05) is 0 Å². The lowest BCUT2D eigenvalue weighted by Crippen LogP contribution is -2.33. The number of ketones is 2. The summed E-state index contributed by atoms with van der Waals surface area (Å²) in [5.74, 6) is -2.22. The van der Waals surface area contributed by atoms with Crippen LogP contribution < -0.4 is 5.73 Å². The Morgan fingerprint density at radius 3 is 1.88 bits per heavy atom. The zero-order valence-electron chi connectivity index (χ0n) is 8.34. The van der Waals surface area contributed by atoms with Crippen LogP contribution in [0, 0.1) is 0 Å². The van der Waals surface area contributed by atoms with Gasteiger partial charge in [-0.25, -0.2) is 0 Å². The van der Waals surface area contributed by atoms with Crippen LogP contribution in [0.5, 0.6) is 0 Å². The van der Waals surface area contributed by atoms with E-state index in [0.29, 0.717) is 0 Å². The fourth-order valence-corrected chi connectivity index (χ4v) is 1.68. The van der Waals surface area contributed by atoms with Gasteiger partial charge in [0.25, 0.3) is 0 Å². The van der Waals surface area contributed by atoms with Gasteiger partial charge in [-0.1, -0.05) is 24.3 Å². The number of benzene rings is 1. The van der Waals surface area contributed by atoms with Crippen molar-refractivity contribution >= 4 is 11.6 Å². The molecular formula is C11H6F3NO2. The summed E-state index contributed by atoms with van der Waals surface area (Å²) in [7, 11) is 0. The first kappa shape index (κ1) is 11.4. The van der Waals surface area contributed by atoms with E-state index in [2.05, 4.69) is 0 Å². The number of allylic oxidation sites excluding steroid dienone is 2. The minimum atomic E-state index is -4.93. The highest BCUT2D eigenvalue weighted by molar-refractivity contribution is 6.27. The highest BCUT2D eigenvalue weighted by atomic mass is 19.4. The van der Waals surface area contributed by atoms with E-state index >= 15 is 0 Å². The highest BCUT2D eigenvalue weighted by Crippen LogP contribution is 2.34. The van der Waals surface area contributed by atoms with Crippen LogP contribution in [-0.2, 0) is 0 Å². The Kier molecular flexibility index (Phi) is 2.30. The molecule has 0 bridgehead atoms. The fraction of sp³-hybridized carbons (Fsp3) is 0.0909. The molecule has 0 amide bonds. The largest absolute Gasteiger partial charge is 0.422 e. The van der Waals surface area contributed by atoms with Crippen LogP contribution in [0.15, 0.2) is 35.5 Å². The van der Waals surface area contributed by atoms with Gasteiger partial charge in [0.1, 0.15) is 5.57 Å². The van der Waals surface area contributed by atoms with Crippen molar-refractivity contribution in [3.05, 3.63) is 46.7 Å². The van der Waals surface area contributed by atoms with Crippen molar-refractivity contribution in [1.82, 2.24) is 0 Å². The van der Waals surface area contributed by atoms with Gasteiger partial charge >= 0.3 is 6.18 Å². The van der Waals surface area contributed by atoms with Crippen molar-refractivity contribution in [2.45, 2.75) is 6.18 Å². The van der Waals surface area contributed by atoms with Crippen molar-refractivity contribution in [1.29, 1.82) is 0 Å². The Hall–Kier alpha value is -2.11. The van der Waals surface area contributed by atoms with Gasteiger partial charge in [0, 0.05) is 11.1 Å². The van der Waals surface area contributed by atoms with Crippen LogP contribution in [0.3, 0.4) is 0 Å². The van der Waals surface area contributed by atoms with Crippen LogP contribution >= 0.6 is 0 Å². The van der Waals surface area contributed by atoms with Gasteiger partial charge in [0.05, 0.1) is 5.70 Å². The molecule has 6 heteroatoms. The fourth-order valence-electron chi connectivity index (χ4n) is 1.68. The molecule has 0 spiro atoms. The van der Waals surface area contributed by atoms with Crippen LogP contribution in [0.25, 0.3) is 0 Å². The second kappa shape index (κ2) is 3.44. The zero-order chi connectivity index (χ0) is 12.8. The number of nitrogens with two attached hydrogens (primary N) is 1. The minimum Gasteiger partial charge on any atom is -0.395 e. The molecule has 0 heterocycles. The summed E-state index contributed by atoms with van der Waals surface area (Å²) in [5, 5.41) is 0. The van der Waals surface area contributed by atoms with Crippen LogP contribution in [0.4, 0.5) is 13.2 Å². The average Bonchev–Trinajstić information content (AvgIpc) is 2.24. The lowest BCUT2D eigenvalue weighted by molar-refractivity contribution is -0.0896. The molecule has 0 fully saturated rings. The molecule has 2 rings (SSSR count). The molecular weight excluding hydrogens is 235 g/mol. The van der Waals surface area contributed by atoms with Crippen molar-refractivity contribution in [3.8, 4) is 0 Å². The molecule has 1 aliphatic carbocycles. The molecule has 0 saturated heterocycles. The van der Waals surface area contributed by atoms with E-state index in [0.717, 1.165) is 0 Å². The van der Waals surface area contributed by atoms with Gasteiger partial charge in [-0.15, -0.1) is 0 Å². The first-order valence-corrected chi connectivity index (χ1v) is 4.59. The Labute approximate surface area is 93.7 Å². The first-order valence-electron chi connectivity index (χ1n) is 4.59. The van der Waals surface area contributed by atoms with Crippen molar-refractivity contribution < 1.29 is 22.8 Å². The monoisotopic (exact) mass is 241 g/mol. The highest BCUT2D eigenvalue weighted by Gasteiger charge is 2.46. The van der Waals surface area contributed by atoms with Gasteiger partial charge in [0.2, 0.25) is 11.6 Å². The van der Waals surface area contributed by atoms with Crippen molar-refractivity contribution in [2.24, 2.45) is 5.73 Å². The molecule has 17 heavy (non-hydrogen) atoms. The number of hydrogen-bond donors (Lipinski definition) is 1. The predicted octanol–water partition coefficient (Wildman–Crippen LogP) is 1.84. The van der Waals surface area contributed by atoms with E-state index in [1.165, 1.54) is 24.3 Å². The molecule has 1 aliphatic rings. The molecule has 2 N–H and O–H groups in total. The van der Waals surface area contributed by atoms with E-state index in [-0.39, 0.29) is 11.1 Å². The summed E-state index contributed by atoms with van der Waals surface area (Å²) in [5.41, 5.74) is 2.12. The van der Waals surface area contributed by atoms with Crippen LogP contribution in [0.2, 0.25) is 0 Å². The standard InChI is InChI=1S/C11H6F3NO2/c12-11(13,14)7-8(15)10(17)6-4-2-1-3-5(6)9(7)16/h1-4H,15H2. The van der Waals surface area contributed by atoms with Gasteiger partial charge < -0.3 is 5.73 Å². The number of fused-ring (bicyclic) bond motifs is 1. The van der Waals surface area contributed by atoms with Gasteiger partial charge in [0.15, 0.2) is 0 Å². The van der Waals surface area contributed by atoms with Crippen molar-refractivity contribution in [3.63, 3.8) is 0 Å². The number of Topliss-reactive ketones (excluding diaryl/α,β-unsaturated/α-hetero) is 2. The van der Waals surface area contributed by atoms with Gasteiger partial charge in [-0.2, -0.15) is 13.2 Å². The second-order valence-corrected chi connectivity index (χ2v) is 3.49. The summed E-state index contributed by atoms with van der Waals surface area (Å²) < 4.78 is 37.8. The van der Waals surface area contributed by atoms with E-state index in [1.54, 1.807) is 0 Å². The van der Waals surface area contributed by atoms with Gasteiger partial charge in [-0.3, -0.25) is 9.59 Å². The van der Waals surface area contributed by atoms with Crippen LogP contribution in [-0.4, -0.2) is 17.7 Å². The number of carbonyl (C=O) groups is 2. The molecule has 0 aromatic heterocycles. The Balaban J connectivity index is 2.71. The molecule has 3 nitrogen and oxygen atoms in total. The summed E-state index contributed by atoms with van der Waals surface area (Å²) >= 11 is 0. The number of hydrogen-bond acceptors (Lipinski definition) is 3. The smallest absolute Gasteiger partial charge is 0.395 e. The SMILES string of the molecule is NC1=C(C(F)(F)F)C(=O)c2ccccc2C1=O. The Bertz CT molecular complexity index is 558. The third kappa shape index (κ3) is 1.61. The van der Waals surface area contributed by atoms with Gasteiger partial charge in [-0.05, 0) is 0 Å². The maximum atomic E-state index is 12.6. The quantitative estimate of drug-likeness (QED) is 0.753. The van der Waals surface area contributed by atoms with Crippen molar-refractivity contribution in [2.75, 3.05) is 0 Å². The molecule has 1 aromatic rings. The lowest BCUT2D eigenvalue weighted by Gasteiger charge is -2.19. The Morgan fingerprint density at radius 2 is 1.41 bits per heavy atom. The molecule has 0 unspecified atom stereocenters. The number of halogens is 3. The summed E-state index contributed by atoms with van der Waals surface area (Å²) in [4.78, 5) is 23.2. The molecule has 0 aliphatic heterocycles.